The van der Waals surface area contributed by atoms with Crippen LogP contribution in [-0.2, 0) is 14.3 Å². The second kappa shape index (κ2) is 51.9. The summed E-state index contributed by atoms with van der Waals surface area (Å²) in [5.74, 6) is -0.182. The van der Waals surface area contributed by atoms with Crippen LogP contribution < -0.4 is 5.32 Å². The molecular formula is C62H117NO8. The van der Waals surface area contributed by atoms with Crippen LogP contribution in [0.1, 0.15) is 296 Å². The van der Waals surface area contributed by atoms with Gasteiger partial charge in [0.1, 0.15) is 24.4 Å². The summed E-state index contributed by atoms with van der Waals surface area (Å²) in [5.41, 5.74) is 0. The lowest BCUT2D eigenvalue weighted by molar-refractivity contribution is -0.302. The van der Waals surface area contributed by atoms with Gasteiger partial charge in [-0.15, -0.1) is 0 Å². The molecule has 7 atom stereocenters. The molecule has 0 saturated carbocycles. The van der Waals surface area contributed by atoms with Crippen molar-refractivity contribution in [1.29, 1.82) is 0 Å². The van der Waals surface area contributed by atoms with E-state index < -0.39 is 49.5 Å². The van der Waals surface area contributed by atoms with Crippen LogP contribution in [0.2, 0.25) is 0 Å². The van der Waals surface area contributed by atoms with Crippen LogP contribution in [-0.4, -0.2) is 87.5 Å². The Morgan fingerprint density at radius 3 is 1.18 bits per heavy atom. The molecule has 6 N–H and O–H groups in total. The van der Waals surface area contributed by atoms with Gasteiger partial charge in [0.2, 0.25) is 5.91 Å². The van der Waals surface area contributed by atoms with E-state index in [-0.39, 0.29) is 12.5 Å². The monoisotopic (exact) mass is 1000 g/mol. The van der Waals surface area contributed by atoms with E-state index in [1.807, 2.05) is 6.08 Å². The number of unbranched alkanes of at least 4 members (excludes halogenated alkanes) is 39. The Morgan fingerprint density at radius 2 is 0.803 bits per heavy atom. The molecule has 418 valence electrons. The Kier molecular flexibility index (Phi) is 49.3. The Balaban J connectivity index is 2.11. The second-order valence-electron chi connectivity index (χ2n) is 21.5. The van der Waals surface area contributed by atoms with Crippen LogP contribution in [0.25, 0.3) is 0 Å². The zero-order chi connectivity index (χ0) is 51.5. The predicted molar refractivity (Wildman–Crippen MR) is 300 cm³/mol. The van der Waals surface area contributed by atoms with Crippen molar-refractivity contribution < 1.29 is 39.8 Å². The normalized spacial score (nSPS) is 19.5. The molecule has 0 aromatic heterocycles. The molecule has 0 aliphatic carbocycles. The van der Waals surface area contributed by atoms with E-state index in [9.17, 15) is 30.3 Å². The van der Waals surface area contributed by atoms with Crippen molar-refractivity contribution in [3.63, 3.8) is 0 Å². The number of amides is 1. The SMILES string of the molecule is CCCCCCCCCC/C=C\CCCCCCCCCCCCCCCCCCCCCCCC(=O)NC(COC1OC(CO)C(O)C(O)C1O)C(O)/C=C/CC/C=C/CCCCCCCCCCC. The van der Waals surface area contributed by atoms with E-state index in [2.05, 4.69) is 43.5 Å². The van der Waals surface area contributed by atoms with Crippen LogP contribution in [0.15, 0.2) is 36.5 Å². The Bertz CT molecular complexity index is 1210. The smallest absolute Gasteiger partial charge is 0.220 e. The van der Waals surface area contributed by atoms with E-state index in [1.54, 1.807) is 6.08 Å². The maximum Gasteiger partial charge on any atom is 0.220 e. The molecule has 9 nitrogen and oxygen atoms in total. The lowest BCUT2D eigenvalue weighted by Crippen LogP contribution is -2.60. The minimum Gasteiger partial charge on any atom is -0.394 e. The van der Waals surface area contributed by atoms with Crippen LogP contribution in [0, 0.1) is 0 Å². The third-order valence-electron chi connectivity index (χ3n) is 14.7. The number of ether oxygens (including phenoxy) is 2. The first-order chi connectivity index (χ1) is 34.8. The zero-order valence-corrected chi connectivity index (χ0v) is 46.5. The molecule has 0 aromatic carbocycles. The third-order valence-corrected chi connectivity index (χ3v) is 14.7. The topological polar surface area (TPSA) is 149 Å². The van der Waals surface area contributed by atoms with Gasteiger partial charge in [-0.2, -0.15) is 0 Å². The average molecular weight is 1000 g/mol. The molecule has 1 amide bonds. The standard InChI is InChI=1S/C62H117NO8/c1-3-5-7-9-11-13-15-17-19-20-21-22-23-24-25-26-27-28-29-30-31-32-33-34-35-36-38-40-42-44-46-48-50-52-58(66)63-55(54-70-62-61(69)60(68)59(67)57(53-64)71-62)56(65)51-49-47-45-43-41-39-37-18-16-14-12-10-8-6-4-2/h20-21,41,43,49,51,55-57,59-62,64-65,67-69H,3-19,22-40,42,44-48,50,52-54H2,1-2H3,(H,63,66)/b21-20-,43-41+,51-49+. The fourth-order valence-corrected chi connectivity index (χ4v) is 9.82. The van der Waals surface area contributed by atoms with Gasteiger partial charge in [0, 0.05) is 6.42 Å². The summed E-state index contributed by atoms with van der Waals surface area (Å²) in [7, 11) is 0. The fraction of sp³-hybridized carbons (Fsp3) is 0.887. The number of carbonyl (C=O) groups excluding carboxylic acids is 1. The van der Waals surface area contributed by atoms with Crippen molar-refractivity contribution in [2.75, 3.05) is 13.2 Å². The number of carbonyl (C=O) groups is 1. The Hall–Kier alpha value is -1.59. The number of allylic oxidation sites excluding steroid dienone is 5. The minimum absolute atomic E-state index is 0.182. The van der Waals surface area contributed by atoms with E-state index in [0.717, 1.165) is 38.5 Å². The molecule has 71 heavy (non-hydrogen) atoms. The Labute approximate surface area is 438 Å². The van der Waals surface area contributed by atoms with Gasteiger partial charge in [-0.1, -0.05) is 269 Å². The highest BCUT2D eigenvalue weighted by atomic mass is 16.7. The van der Waals surface area contributed by atoms with Crippen molar-refractivity contribution in [1.82, 2.24) is 5.32 Å². The van der Waals surface area contributed by atoms with E-state index in [4.69, 9.17) is 9.47 Å². The average Bonchev–Trinajstić information content (AvgIpc) is 3.37. The maximum atomic E-state index is 13.1. The molecule has 1 heterocycles. The predicted octanol–water partition coefficient (Wildman–Crippen LogP) is 15.5. The number of rotatable bonds is 53. The highest BCUT2D eigenvalue weighted by molar-refractivity contribution is 5.76. The molecule has 0 spiro atoms. The van der Waals surface area contributed by atoms with Crippen molar-refractivity contribution >= 4 is 5.91 Å². The summed E-state index contributed by atoms with van der Waals surface area (Å²) in [6.07, 6.45) is 61.0. The molecule has 1 fully saturated rings. The van der Waals surface area contributed by atoms with Gasteiger partial charge >= 0.3 is 0 Å². The van der Waals surface area contributed by atoms with Crippen LogP contribution in [0.4, 0.5) is 0 Å². The summed E-state index contributed by atoms with van der Waals surface area (Å²) >= 11 is 0. The first-order valence-corrected chi connectivity index (χ1v) is 30.7. The van der Waals surface area contributed by atoms with Gasteiger partial charge in [0.15, 0.2) is 6.29 Å². The van der Waals surface area contributed by atoms with Crippen LogP contribution >= 0.6 is 0 Å². The largest absolute Gasteiger partial charge is 0.394 e. The summed E-state index contributed by atoms with van der Waals surface area (Å²) in [4.78, 5) is 13.1. The van der Waals surface area contributed by atoms with E-state index >= 15 is 0 Å². The van der Waals surface area contributed by atoms with Gasteiger partial charge in [-0.3, -0.25) is 4.79 Å². The number of hydrogen-bond donors (Lipinski definition) is 6. The van der Waals surface area contributed by atoms with Crippen molar-refractivity contribution in [2.45, 2.75) is 339 Å². The zero-order valence-electron chi connectivity index (χ0n) is 46.5. The van der Waals surface area contributed by atoms with E-state index in [1.165, 1.54) is 238 Å². The van der Waals surface area contributed by atoms with Gasteiger partial charge < -0.3 is 40.3 Å². The highest BCUT2D eigenvalue weighted by Gasteiger charge is 2.44. The quantitative estimate of drug-likeness (QED) is 0.0261. The summed E-state index contributed by atoms with van der Waals surface area (Å²) < 4.78 is 11.3. The molecule has 0 radical (unpaired) electrons. The molecule has 9 heteroatoms. The van der Waals surface area contributed by atoms with Crippen molar-refractivity contribution in [3.05, 3.63) is 36.5 Å². The second-order valence-corrected chi connectivity index (χ2v) is 21.5. The molecule has 0 aromatic rings. The molecule has 1 aliphatic heterocycles. The maximum absolute atomic E-state index is 13.1. The molecule has 1 aliphatic rings. The molecule has 1 saturated heterocycles. The molecule has 0 bridgehead atoms. The first-order valence-electron chi connectivity index (χ1n) is 30.7. The van der Waals surface area contributed by atoms with E-state index in [0.29, 0.717) is 6.42 Å². The first kappa shape index (κ1) is 67.4. The van der Waals surface area contributed by atoms with Gasteiger partial charge in [-0.25, -0.2) is 0 Å². The van der Waals surface area contributed by atoms with Crippen molar-refractivity contribution in [2.24, 2.45) is 0 Å². The van der Waals surface area contributed by atoms with Gasteiger partial charge in [-0.05, 0) is 57.8 Å². The van der Waals surface area contributed by atoms with Crippen LogP contribution in [0.5, 0.6) is 0 Å². The molecule has 7 unspecified atom stereocenters. The number of hydrogen-bond acceptors (Lipinski definition) is 8. The van der Waals surface area contributed by atoms with Gasteiger partial charge in [0.25, 0.3) is 0 Å². The fourth-order valence-electron chi connectivity index (χ4n) is 9.82. The summed E-state index contributed by atoms with van der Waals surface area (Å²) in [6.45, 7) is 3.78. The number of nitrogens with one attached hydrogen (secondary N) is 1. The minimum atomic E-state index is -1.57. The van der Waals surface area contributed by atoms with Crippen LogP contribution in [0.3, 0.4) is 0 Å². The van der Waals surface area contributed by atoms with Gasteiger partial charge in [0.05, 0.1) is 25.4 Å². The third kappa shape index (κ3) is 41.4. The lowest BCUT2D eigenvalue weighted by Gasteiger charge is -2.40. The molecule has 1 rings (SSSR count). The molecular weight excluding hydrogens is 887 g/mol. The lowest BCUT2D eigenvalue weighted by atomic mass is 9.99. The number of aliphatic hydroxyl groups is 5. The number of aliphatic hydroxyl groups excluding tert-OH is 5. The summed E-state index contributed by atoms with van der Waals surface area (Å²) in [6, 6.07) is -0.819. The summed E-state index contributed by atoms with van der Waals surface area (Å²) in [5, 5.41) is 54.4. The van der Waals surface area contributed by atoms with Crippen molar-refractivity contribution in [3.8, 4) is 0 Å². The highest BCUT2D eigenvalue weighted by Crippen LogP contribution is 2.23. The Morgan fingerprint density at radius 1 is 0.465 bits per heavy atom.